The molecule has 0 bridgehead atoms. The average Bonchev–Trinajstić information content (AvgIpc) is 2.70. The van der Waals surface area contributed by atoms with Gasteiger partial charge in [0.25, 0.3) is 5.91 Å². The molecule has 0 fully saturated rings. The van der Waals surface area contributed by atoms with Crippen molar-refractivity contribution in [1.29, 1.82) is 0 Å². The molecular formula is C19H13Cl3N4O. The fourth-order valence-corrected chi connectivity index (χ4v) is 2.89. The summed E-state index contributed by atoms with van der Waals surface area (Å²) in [6.07, 6.45) is 1.50. The van der Waals surface area contributed by atoms with Crippen LogP contribution in [0.3, 0.4) is 0 Å². The Bertz CT molecular complexity index is 1010. The molecule has 1 heterocycles. The molecule has 27 heavy (non-hydrogen) atoms. The number of aromatic nitrogens is 1. The zero-order chi connectivity index (χ0) is 19.4. The Labute approximate surface area is 170 Å². The van der Waals surface area contributed by atoms with E-state index in [2.05, 4.69) is 15.5 Å². The van der Waals surface area contributed by atoms with Gasteiger partial charge in [0, 0.05) is 0 Å². The van der Waals surface area contributed by atoms with E-state index in [1.54, 1.807) is 0 Å². The van der Waals surface area contributed by atoms with Gasteiger partial charge in [0.05, 0.1) is 16.9 Å². The first-order valence-corrected chi connectivity index (χ1v) is 8.89. The van der Waals surface area contributed by atoms with Crippen LogP contribution < -0.4 is 11.2 Å². The van der Waals surface area contributed by atoms with E-state index in [0.717, 1.165) is 16.7 Å². The van der Waals surface area contributed by atoms with Gasteiger partial charge in [0.1, 0.15) is 5.02 Å². The summed E-state index contributed by atoms with van der Waals surface area (Å²) in [5, 5.41) is 3.72. The van der Waals surface area contributed by atoms with Crippen molar-refractivity contribution in [2.45, 2.75) is 0 Å². The van der Waals surface area contributed by atoms with Crippen molar-refractivity contribution in [1.82, 2.24) is 10.4 Å². The van der Waals surface area contributed by atoms with Crippen molar-refractivity contribution in [2.24, 2.45) is 5.10 Å². The highest BCUT2D eigenvalue weighted by molar-refractivity contribution is 6.46. The maximum Gasteiger partial charge on any atom is 0.291 e. The molecule has 136 valence electrons. The van der Waals surface area contributed by atoms with Crippen molar-refractivity contribution in [2.75, 3.05) is 5.73 Å². The van der Waals surface area contributed by atoms with Crippen LogP contribution in [0.2, 0.25) is 15.2 Å². The van der Waals surface area contributed by atoms with E-state index in [1.807, 2.05) is 54.6 Å². The van der Waals surface area contributed by atoms with E-state index in [9.17, 15) is 4.79 Å². The van der Waals surface area contributed by atoms with E-state index in [4.69, 9.17) is 40.5 Å². The second-order valence-corrected chi connectivity index (χ2v) is 6.59. The zero-order valence-electron chi connectivity index (χ0n) is 13.8. The zero-order valence-corrected chi connectivity index (χ0v) is 16.1. The van der Waals surface area contributed by atoms with Crippen LogP contribution in [0.5, 0.6) is 0 Å². The number of amides is 1. The Morgan fingerprint density at radius 2 is 1.59 bits per heavy atom. The molecule has 0 saturated heterocycles. The lowest BCUT2D eigenvalue weighted by atomic mass is 10.0. The minimum atomic E-state index is -0.651. The smallest absolute Gasteiger partial charge is 0.291 e. The number of halogens is 3. The van der Waals surface area contributed by atoms with E-state index in [-0.39, 0.29) is 26.6 Å². The summed E-state index contributed by atoms with van der Waals surface area (Å²) in [5.41, 5.74) is 10.9. The normalized spacial score (nSPS) is 10.9. The molecule has 2 aromatic carbocycles. The van der Waals surface area contributed by atoms with Crippen molar-refractivity contribution in [3.8, 4) is 11.1 Å². The summed E-state index contributed by atoms with van der Waals surface area (Å²) in [6.45, 7) is 0. The quantitative estimate of drug-likeness (QED) is 0.352. The van der Waals surface area contributed by atoms with E-state index >= 15 is 0 Å². The van der Waals surface area contributed by atoms with Crippen molar-refractivity contribution in [3.05, 3.63) is 81.1 Å². The van der Waals surface area contributed by atoms with Crippen LogP contribution >= 0.6 is 34.8 Å². The third-order valence-corrected chi connectivity index (χ3v) is 4.82. The molecule has 3 aromatic rings. The van der Waals surface area contributed by atoms with Gasteiger partial charge in [0.2, 0.25) is 0 Å². The highest BCUT2D eigenvalue weighted by atomic mass is 35.5. The van der Waals surface area contributed by atoms with Crippen LogP contribution in [0.4, 0.5) is 5.69 Å². The third-order valence-electron chi connectivity index (χ3n) is 3.68. The van der Waals surface area contributed by atoms with Gasteiger partial charge in [0.15, 0.2) is 10.8 Å². The van der Waals surface area contributed by atoms with Gasteiger partial charge < -0.3 is 5.73 Å². The number of benzene rings is 2. The lowest BCUT2D eigenvalue weighted by Gasteiger charge is -2.07. The number of carbonyl (C=O) groups excluding carboxylic acids is 1. The molecule has 8 heteroatoms. The number of nitrogen functional groups attached to an aromatic ring is 1. The number of carbonyl (C=O) groups is 1. The molecular weight excluding hydrogens is 407 g/mol. The van der Waals surface area contributed by atoms with E-state index < -0.39 is 5.91 Å². The molecule has 0 saturated carbocycles. The molecule has 0 unspecified atom stereocenters. The minimum absolute atomic E-state index is 0.000207. The maximum absolute atomic E-state index is 12.2. The van der Waals surface area contributed by atoms with Crippen LogP contribution in [-0.4, -0.2) is 17.1 Å². The Morgan fingerprint density at radius 3 is 2.26 bits per heavy atom. The van der Waals surface area contributed by atoms with Gasteiger partial charge in [-0.2, -0.15) is 5.10 Å². The molecule has 3 rings (SSSR count). The minimum Gasteiger partial charge on any atom is -0.396 e. The monoisotopic (exact) mass is 418 g/mol. The third kappa shape index (κ3) is 4.39. The Hall–Kier alpha value is -2.60. The number of nitrogens with two attached hydrogens (primary N) is 1. The van der Waals surface area contributed by atoms with E-state index in [1.165, 1.54) is 6.21 Å². The van der Waals surface area contributed by atoms with Gasteiger partial charge in [-0.3, -0.25) is 4.79 Å². The second-order valence-electron chi connectivity index (χ2n) is 5.48. The molecule has 0 atom stereocenters. The van der Waals surface area contributed by atoms with Crippen LogP contribution in [0.1, 0.15) is 16.1 Å². The fraction of sp³-hybridized carbons (Fsp3) is 0. The topological polar surface area (TPSA) is 80.4 Å². The van der Waals surface area contributed by atoms with Gasteiger partial charge >= 0.3 is 0 Å². The number of nitrogens with one attached hydrogen (secondary N) is 1. The highest BCUT2D eigenvalue weighted by Crippen LogP contribution is 2.34. The Morgan fingerprint density at radius 1 is 0.963 bits per heavy atom. The summed E-state index contributed by atoms with van der Waals surface area (Å²) >= 11 is 17.7. The molecule has 1 amide bonds. The number of anilines is 1. The van der Waals surface area contributed by atoms with Crippen molar-refractivity contribution in [3.63, 3.8) is 0 Å². The largest absolute Gasteiger partial charge is 0.396 e. The first-order valence-electron chi connectivity index (χ1n) is 7.76. The summed E-state index contributed by atoms with van der Waals surface area (Å²) in [4.78, 5) is 16.0. The van der Waals surface area contributed by atoms with Crippen molar-refractivity contribution >= 4 is 52.6 Å². The van der Waals surface area contributed by atoms with Gasteiger partial charge in [-0.05, 0) is 16.7 Å². The Balaban J connectivity index is 1.70. The van der Waals surface area contributed by atoms with E-state index in [0.29, 0.717) is 0 Å². The Kier molecular flexibility index (Phi) is 5.96. The molecule has 1 aromatic heterocycles. The van der Waals surface area contributed by atoms with Crippen LogP contribution in [0.15, 0.2) is 59.7 Å². The van der Waals surface area contributed by atoms with Crippen LogP contribution in [0.25, 0.3) is 11.1 Å². The molecule has 0 spiro atoms. The lowest BCUT2D eigenvalue weighted by molar-refractivity contribution is 0.0950. The van der Waals surface area contributed by atoms with Gasteiger partial charge in [-0.1, -0.05) is 89.4 Å². The average molecular weight is 420 g/mol. The molecule has 0 radical (unpaired) electrons. The molecule has 0 aliphatic rings. The summed E-state index contributed by atoms with van der Waals surface area (Å²) < 4.78 is 0. The maximum atomic E-state index is 12.2. The second kappa shape index (κ2) is 8.39. The van der Waals surface area contributed by atoms with Crippen LogP contribution in [-0.2, 0) is 0 Å². The number of hydrogen-bond donors (Lipinski definition) is 2. The predicted molar refractivity (Wildman–Crippen MR) is 111 cm³/mol. The first kappa shape index (κ1) is 19.2. The first-order chi connectivity index (χ1) is 13.0. The molecule has 3 N–H and O–H groups in total. The number of rotatable bonds is 4. The van der Waals surface area contributed by atoms with Gasteiger partial charge in [-0.15, -0.1) is 0 Å². The summed E-state index contributed by atoms with van der Waals surface area (Å²) in [6, 6.07) is 17.7. The molecule has 0 aliphatic heterocycles. The predicted octanol–water partition coefficient (Wildman–Crippen LogP) is 5.05. The highest BCUT2D eigenvalue weighted by Gasteiger charge is 2.19. The summed E-state index contributed by atoms with van der Waals surface area (Å²) in [5.74, 6) is -0.651. The molecule has 5 nitrogen and oxygen atoms in total. The number of pyridine rings is 1. The standard InChI is InChI=1S/C19H13Cl3N4O/c20-14-16(23)15(21)18(22)25-17(14)19(27)26-24-10-11-6-8-13(9-7-11)12-4-2-1-3-5-12/h1-10H,(H2,23,25)(H,26,27). The number of hydrogen-bond acceptors (Lipinski definition) is 4. The van der Waals surface area contributed by atoms with Crippen molar-refractivity contribution < 1.29 is 4.79 Å². The fourth-order valence-electron chi connectivity index (χ4n) is 2.29. The van der Waals surface area contributed by atoms with Crippen LogP contribution in [0, 0.1) is 0 Å². The van der Waals surface area contributed by atoms with Gasteiger partial charge in [-0.25, -0.2) is 10.4 Å². The summed E-state index contributed by atoms with van der Waals surface area (Å²) in [7, 11) is 0. The number of nitrogens with zero attached hydrogens (tertiary/aromatic N) is 2. The lowest BCUT2D eigenvalue weighted by Crippen LogP contribution is -2.20. The SMILES string of the molecule is Nc1c(Cl)c(Cl)nc(C(=O)NN=Cc2ccc(-c3ccccc3)cc2)c1Cl. The molecule has 0 aliphatic carbocycles. The number of hydrazone groups is 1.